The van der Waals surface area contributed by atoms with E-state index in [1.165, 1.54) is 29.3 Å². The van der Waals surface area contributed by atoms with E-state index in [0.29, 0.717) is 5.41 Å². The van der Waals surface area contributed by atoms with E-state index in [1.54, 1.807) is 0 Å². The van der Waals surface area contributed by atoms with Crippen molar-refractivity contribution in [3.63, 3.8) is 0 Å². The molecular formula is C14H15NO. The molecular weight excluding hydrogens is 198 g/mol. The monoisotopic (exact) mass is 213 g/mol. The van der Waals surface area contributed by atoms with Gasteiger partial charge in [0.15, 0.2) is 0 Å². The van der Waals surface area contributed by atoms with Gasteiger partial charge in [-0.15, -0.1) is 0 Å². The normalized spacial score (nSPS) is 20.8. The molecule has 2 aromatic rings. The molecule has 0 bridgehead atoms. The average Bonchev–Trinajstić information content (AvgIpc) is 3.00. The lowest BCUT2D eigenvalue weighted by Gasteiger charge is -2.12. The van der Waals surface area contributed by atoms with Gasteiger partial charge < -0.3 is 9.30 Å². The van der Waals surface area contributed by atoms with Gasteiger partial charge in [-0.25, -0.2) is 0 Å². The number of hydrogen-bond acceptors (Lipinski definition) is 1. The van der Waals surface area contributed by atoms with Crippen LogP contribution >= 0.6 is 0 Å². The van der Waals surface area contributed by atoms with Gasteiger partial charge in [0, 0.05) is 23.5 Å². The fourth-order valence-electron chi connectivity index (χ4n) is 2.86. The quantitative estimate of drug-likeness (QED) is 0.655. The van der Waals surface area contributed by atoms with E-state index in [0.717, 1.165) is 18.9 Å². The van der Waals surface area contributed by atoms with E-state index in [9.17, 15) is 0 Å². The van der Waals surface area contributed by atoms with Crippen LogP contribution in [0.1, 0.15) is 18.4 Å². The molecule has 4 rings (SSSR count). The van der Waals surface area contributed by atoms with Gasteiger partial charge in [0.25, 0.3) is 0 Å². The highest BCUT2D eigenvalue weighted by atomic mass is 16.5. The van der Waals surface area contributed by atoms with Gasteiger partial charge in [-0.05, 0) is 31.4 Å². The lowest BCUT2D eigenvalue weighted by atomic mass is 10.1. The molecule has 1 aromatic carbocycles. The van der Waals surface area contributed by atoms with Gasteiger partial charge in [-0.3, -0.25) is 0 Å². The summed E-state index contributed by atoms with van der Waals surface area (Å²) in [4.78, 5) is 0. The predicted octanol–water partition coefficient (Wildman–Crippen LogP) is 3.12. The summed E-state index contributed by atoms with van der Waals surface area (Å²) in [6.07, 6.45) is 4.92. The molecule has 0 radical (unpaired) electrons. The number of rotatable bonds is 0. The number of aromatic nitrogens is 1. The summed E-state index contributed by atoms with van der Waals surface area (Å²) in [5.41, 5.74) is 3.10. The Morgan fingerprint density at radius 3 is 3.00 bits per heavy atom. The molecule has 1 aromatic heterocycles. The Bertz CT molecular complexity index is 578. The zero-order chi connectivity index (χ0) is 10.8. The molecule has 0 unspecified atom stereocenters. The minimum Gasteiger partial charge on any atom is -0.491 e. The Labute approximate surface area is 94.8 Å². The Balaban J connectivity index is 2.03. The first-order valence-electron chi connectivity index (χ1n) is 5.99. The molecule has 0 atom stereocenters. The molecule has 2 nitrogen and oxygen atoms in total. The maximum Gasteiger partial charge on any atom is 0.143 e. The first kappa shape index (κ1) is 8.68. The zero-order valence-electron chi connectivity index (χ0n) is 9.49. The van der Waals surface area contributed by atoms with Crippen LogP contribution in [-0.4, -0.2) is 11.2 Å². The van der Waals surface area contributed by atoms with E-state index in [4.69, 9.17) is 4.74 Å². The van der Waals surface area contributed by atoms with Gasteiger partial charge in [0.05, 0.1) is 12.1 Å². The van der Waals surface area contributed by atoms with Gasteiger partial charge >= 0.3 is 0 Å². The van der Waals surface area contributed by atoms with Crippen molar-refractivity contribution in [2.75, 3.05) is 6.61 Å². The molecule has 16 heavy (non-hydrogen) atoms. The fraction of sp³-hybridized carbons (Fsp3) is 0.429. The van der Waals surface area contributed by atoms with E-state index >= 15 is 0 Å². The van der Waals surface area contributed by atoms with Crippen LogP contribution < -0.4 is 4.74 Å². The topological polar surface area (TPSA) is 14.2 Å². The summed E-state index contributed by atoms with van der Waals surface area (Å²) < 4.78 is 8.39. The molecule has 1 aliphatic carbocycles. The van der Waals surface area contributed by atoms with Crippen LogP contribution in [0.15, 0.2) is 24.4 Å². The third-order valence-electron chi connectivity index (χ3n) is 4.06. The first-order valence-corrected chi connectivity index (χ1v) is 5.99. The molecule has 0 amide bonds. The zero-order valence-corrected chi connectivity index (χ0v) is 9.49. The first-order chi connectivity index (χ1) is 7.77. The average molecular weight is 213 g/mol. The molecule has 1 aliphatic heterocycles. The Kier molecular flexibility index (Phi) is 1.42. The maximum atomic E-state index is 5.99. The molecule has 2 heteroatoms. The number of ether oxygens (including phenoxy) is 1. The lowest BCUT2D eigenvalue weighted by molar-refractivity contribution is 0.230. The number of benzene rings is 1. The second-order valence-corrected chi connectivity index (χ2v) is 5.38. The molecule has 82 valence electrons. The highest BCUT2D eigenvalue weighted by Gasteiger charge is 2.45. The molecule has 1 fully saturated rings. The molecule has 2 heterocycles. The molecule has 0 saturated heterocycles. The Morgan fingerprint density at radius 1 is 1.31 bits per heavy atom. The predicted molar refractivity (Wildman–Crippen MR) is 63.8 cm³/mol. The van der Waals surface area contributed by atoms with Crippen molar-refractivity contribution in [3.05, 3.63) is 30.0 Å². The van der Waals surface area contributed by atoms with Crippen LogP contribution in [0.5, 0.6) is 5.75 Å². The van der Waals surface area contributed by atoms with Crippen molar-refractivity contribution in [2.45, 2.75) is 26.3 Å². The van der Waals surface area contributed by atoms with E-state index in [2.05, 4.69) is 35.9 Å². The third kappa shape index (κ3) is 1.02. The molecule has 0 N–H and O–H groups in total. The van der Waals surface area contributed by atoms with Crippen LogP contribution in [-0.2, 0) is 6.54 Å². The van der Waals surface area contributed by atoms with Crippen molar-refractivity contribution in [2.24, 2.45) is 5.41 Å². The van der Waals surface area contributed by atoms with Gasteiger partial charge in [0.2, 0.25) is 0 Å². The maximum absolute atomic E-state index is 5.99. The fourth-order valence-corrected chi connectivity index (χ4v) is 2.86. The minimum absolute atomic E-state index is 0.442. The van der Waals surface area contributed by atoms with Crippen molar-refractivity contribution in [1.82, 2.24) is 4.57 Å². The standard InChI is InChI=1S/C14H15NO/c1-10-7-15-8-14(5-6-14)9-16-12-4-2-3-11(10)13(12)15/h2-4,7H,5-6,8-9H2,1H3. The highest BCUT2D eigenvalue weighted by molar-refractivity contribution is 5.89. The Hall–Kier alpha value is -1.44. The Morgan fingerprint density at radius 2 is 2.19 bits per heavy atom. The third-order valence-corrected chi connectivity index (χ3v) is 4.06. The number of aryl methyl sites for hydroxylation is 1. The molecule has 1 spiro atoms. The van der Waals surface area contributed by atoms with Crippen molar-refractivity contribution in [1.29, 1.82) is 0 Å². The van der Waals surface area contributed by atoms with Crippen LogP contribution in [0.2, 0.25) is 0 Å². The lowest BCUT2D eigenvalue weighted by Crippen LogP contribution is -2.16. The second kappa shape index (κ2) is 2.62. The SMILES string of the molecule is Cc1cn2c3c(cccc13)OCC1(CC1)C2. The summed E-state index contributed by atoms with van der Waals surface area (Å²) in [6, 6.07) is 6.39. The van der Waals surface area contributed by atoms with E-state index in [1.807, 2.05) is 0 Å². The van der Waals surface area contributed by atoms with Gasteiger partial charge in [-0.2, -0.15) is 0 Å². The van der Waals surface area contributed by atoms with Crippen LogP contribution in [0.3, 0.4) is 0 Å². The van der Waals surface area contributed by atoms with Crippen LogP contribution in [0.25, 0.3) is 10.9 Å². The van der Waals surface area contributed by atoms with E-state index < -0.39 is 0 Å². The summed E-state index contributed by atoms with van der Waals surface area (Å²) in [5.74, 6) is 1.06. The van der Waals surface area contributed by atoms with Gasteiger partial charge in [0.1, 0.15) is 5.75 Å². The van der Waals surface area contributed by atoms with Crippen molar-refractivity contribution in [3.8, 4) is 5.75 Å². The highest BCUT2D eigenvalue weighted by Crippen LogP contribution is 2.50. The summed E-state index contributed by atoms with van der Waals surface area (Å²) >= 11 is 0. The smallest absolute Gasteiger partial charge is 0.143 e. The van der Waals surface area contributed by atoms with Crippen molar-refractivity contribution < 1.29 is 4.74 Å². The number of hydrogen-bond donors (Lipinski definition) is 0. The molecule has 1 saturated carbocycles. The van der Waals surface area contributed by atoms with Crippen LogP contribution in [0, 0.1) is 12.3 Å². The number of nitrogens with zero attached hydrogens (tertiary/aromatic N) is 1. The van der Waals surface area contributed by atoms with Gasteiger partial charge in [-0.1, -0.05) is 12.1 Å². The number of para-hydroxylation sites is 1. The van der Waals surface area contributed by atoms with E-state index in [-0.39, 0.29) is 0 Å². The largest absolute Gasteiger partial charge is 0.491 e. The molecule has 2 aliphatic rings. The van der Waals surface area contributed by atoms with Crippen LogP contribution in [0.4, 0.5) is 0 Å². The second-order valence-electron chi connectivity index (χ2n) is 5.38. The van der Waals surface area contributed by atoms with Crippen molar-refractivity contribution >= 4 is 10.9 Å². The minimum atomic E-state index is 0.442. The summed E-state index contributed by atoms with van der Waals surface area (Å²) in [7, 11) is 0. The summed E-state index contributed by atoms with van der Waals surface area (Å²) in [5, 5.41) is 1.34. The summed E-state index contributed by atoms with van der Waals surface area (Å²) in [6.45, 7) is 4.21.